The summed E-state index contributed by atoms with van der Waals surface area (Å²) in [5.41, 5.74) is 0.477. The molecular formula is C6H3Cl2N2O. The predicted molar refractivity (Wildman–Crippen MR) is 43.6 cm³/mol. The average Bonchev–Trinajstić information content (AvgIpc) is 1.85. The SMILES string of the molecule is O=[C]Nc1cc(Cl)nc(Cl)c1. The van der Waals surface area contributed by atoms with Crippen LogP contribution in [0.2, 0.25) is 10.3 Å². The van der Waals surface area contributed by atoms with Crippen LogP contribution in [0.1, 0.15) is 0 Å². The van der Waals surface area contributed by atoms with Crippen LogP contribution in [0.4, 0.5) is 5.69 Å². The lowest BCUT2D eigenvalue weighted by Crippen LogP contribution is -1.93. The molecule has 0 atom stereocenters. The molecule has 57 valence electrons. The van der Waals surface area contributed by atoms with Crippen molar-refractivity contribution in [3.05, 3.63) is 22.4 Å². The summed E-state index contributed by atoms with van der Waals surface area (Å²) >= 11 is 11.0. The Morgan fingerprint density at radius 3 is 2.36 bits per heavy atom. The van der Waals surface area contributed by atoms with Crippen molar-refractivity contribution in [2.75, 3.05) is 5.32 Å². The monoisotopic (exact) mass is 189 g/mol. The normalized spacial score (nSPS) is 9.27. The standard InChI is InChI=1S/C6H3Cl2N2O/c7-5-1-4(9-3-11)2-6(8)10-5/h1-2H,(H,9,10,11). The van der Waals surface area contributed by atoms with Gasteiger partial charge in [0.05, 0.1) is 0 Å². The highest BCUT2D eigenvalue weighted by Gasteiger charge is 1.97. The molecule has 0 aliphatic rings. The van der Waals surface area contributed by atoms with Gasteiger partial charge in [0.25, 0.3) is 0 Å². The number of nitrogens with one attached hydrogen (secondary N) is 1. The first-order chi connectivity index (χ1) is 5.22. The number of aromatic nitrogens is 1. The minimum Gasteiger partial charge on any atom is -0.318 e. The lowest BCUT2D eigenvalue weighted by molar-refractivity contribution is 0.561. The molecule has 1 amide bonds. The third-order valence-corrected chi connectivity index (χ3v) is 1.35. The van der Waals surface area contributed by atoms with Gasteiger partial charge < -0.3 is 5.32 Å². The lowest BCUT2D eigenvalue weighted by atomic mass is 10.4. The number of nitrogens with zero attached hydrogens (tertiary/aromatic N) is 1. The van der Waals surface area contributed by atoms with Crippen molar-refractivity contribution < 1.29 is 4.79 Å². The zero-order valence-corrected chi connectivity index (χ0v) is 6.78. The van der Waals surface area contributed by atoms with Crippen LogP contribution < -0.4 is 5.32 Å². The molecule has 0 unspecified atom stereocenters. The van der Waals surface area contributed by atoms with Crippen molar-refractivity contribution in [3.8, 4) is 0 Å². The Bertz CT molecular complexity index is 257. The van der Waals surface area contributed by atoms with E-state index in [-0.39, 0.29) is 10.3 Å². The maximum Gasteiger partial charge on any atom is 0.314 e. The van der Waals surface area contributed by atoms with Gasteiger partial charge in [-0.2, -0.15) is 0 Å². The molecule has 0 spiro atoms. The van der Waals surface area contributed by atoms with Crippen LogP contribution in [-0.2, 0) is 4.79 Å². The fraction of sp³-hybridized carbons (Fsp3) is 0. The molecule has 1 aromatic rings. The summed E-state index contributed by atoms with van der Waals surface area (Å²) in [4.78, 5) is 13.5. The van der Waals surface area contributed by atoms with E-state index in [1.807, 2.05) is 0 Å². The van der Waals surface area contributed by atoms with Crippen molar-refractivity contribution in [1.82, 2.24) is 4.98 Å². The summed E-state index contributed by atoms with van der Waals surface area (Å²) in [5.74, 6) is 0. The van der Waals surface area contributed by atoms with Crippen LogP contribution >= 0.6 is 23.2 Å². The fourth-order valence-corrected chi connectivity index (χ4v) is 1.06. The molecule has 0 saturated heterocycles. The molecule has 1 heterocycles. The quantitative estimate of drug-likeness (QED) is 0.571. The van der Waals surface area contributed by atoms with E-state index in [1.165, 1.54) is 18.5 Å². The van der Waals surface area contributed by atoms with E-state index in [9.17, 15) is 4.79 Å². The minimum atomic E-state index is 0.232. The Morgan fingerprint density at radius 1 is 1.36 bits per heavy atom. The van der Waals surface area contributed by atoms with Gasteiger partial charge in [0.15, 0.2) is 0 Å². The van der Waals surface area contributed by atoms with E-state index in [0.29, 0.717) is 5.69 Å². The first-order valence-electron chi connectivity index (χ1n) is 2.68. The van der Waals surface area contributed by atoms with Gasteiger partial charge in [0, 0.05) is 5.69 Å². The van der Waals surface area contributed by atoms with Gasteiger partial charge in [-0.25, -0.2) is 4.98 Å². The summed E-state index contributed by atoms with van der Waals surface area (Å²) in [6, 6.07) is 2.94. The number of halogens is 2. The summed E-state index contributed by atoms with van der Waals surface area (Å²) < 4.78 is 0. The number of hydrogen-bond donors (Lipinski definition) is 1. The van der Waals surface area contributed by atoms with Gasteiger partial charge in [0.1, 0.15) is 10.3 Å². The number of anilines is 1. The highest BCUT2D eigenvalue weighted by Crippen LogP contribution is 2.17. The van der Waals surface area contributed by atoms with Gasteiger partial charge in [-0.05, 0) is 12.1 Å². The van der Waals surface area contributed by atoms with Crippen LogP contribution in [-0.4, -0.2) is 11.4 Å². The number of rotatable bonds is 2. The fourth-order valence-electron chi connectivity index (χ4n) is 0.596. The van der Waals surface area contributed by atoms with Crippen LogP contribution in [0.25, 0.3) is 0 Å². The smallest absolute Gasteiger partial charge is 0.314 e. The second-order valence-corrected chi connectivity index (χ2v) is 2.50. The van der Waals surface area contributed by atoms with Crippen molar-refractivity contribution >= 4 is 35.3 Å². The Labute approximate surface area is 73.3 Å². The van der Waals surface area contributed by atoms with Crippen molar-refractivity contribution in [3.63, 3.8) is 0 Å². The highest BCUT2D eigenvalue weighted by molar-refractivity contribution is 6.32. The van der Waals surface area contributed by atoms with Gasteiger partial charge in [-0.3, -0.25) is 4.79 Å². The first kappa shape index (κ1) is 8.30. The molecule has 1 rings (SSSR count). The molecule has 3 nitrogen and oxygen atoms in total. The maximum atomic E-state index is 9.85. The van der Waals surface area contributed by atoms with Crippen molar-refractivity contribution in [2.24, 2.45) is 0 Å². The zero-order chi connectivity index (χ0) is 8.27. The van der Waals surface area contributed by atoms with Crippen molar-refractivity contribution in [2.45, 2.75) is 0 Å². The third kappa shape index (κ3) is 2.37. The van der Waals surface area contributed by atoms with E-state index in [1.54, 1.807) is 0 Å². The summed E-state index contributed by atoms with van der Waals surface area (Å²) in [6.07, 6.45) is 1.49. The van der Waals surface area contributed by atoms with E-state index < -0.39 is 0 Å². The second kappa shape index (κ2) is 3.55. The molecule has 1 N–H and O–H groups in total. The van der Waals surface area contributed by atoms with Gasteiger partial charge in [-0.1, -0.05) is 23.2 Å². The number of hydrogen-bond acceptors (Lipinski definition) is 2. The van der Waals surface area contributed by atoms with E-state index >= 15 is 0 Å². The van der Waals surface area contributed by atoms with Crippen LogP contribution in [0.5, 0.6) is 0 Å². The maximum absolute atomic E-state index is 9.85. The first-order valence-corrected chi connectivity index (χ1v) is 3.44. The van der Waals surface area contributed by atoms with Gasteiger partial charge >= 0.3 is 6.41 Å². The third-order valence-electron chi connectivity index (χ3n) is 0.958. The van der Waals surface area contributed by atoms with Gasteiger partial charge in [-0.15, -0.1) is 0 Å². The molecular weight excluding hydrogens is 187 g/mol. The lowest BCUT2D eigenvalue weighted by Gasteiger charge is -1.97. The molecule has 1 aromatic heterocycles. The number of amides is 1. The molecule has 1 radical (unpaired) electrons. The largest absolute Gasteiger partial charge is 0.318 e. The second-order valence-electron chi connectivity index (χ2n) is 1.73. The molecule has 0 aliphatic carbocycles. The average molecular weight is 190 g/mol. The Kier molecular flexibility index (Phi) is 2.68. The highest BCUT2D eigenvalue weighted by atomic mass is 35.5. The van der Waals surface area contributed by atoms with Crippen LogP contribution in [0, 0.1) is 0 Å². The number of carbonyl (C=O) groups excluding carboxylic acids is 1. The Balaban J connectivity index is 2.98. The summed E-state index contributed by atoms with van der Waals surface area (Å²) in [7, 11) is 0. The molecule has 0 aliphatic heterocycles. The van der Waals surface area contributed by atoms with E-state index in [4.69, 9.17) is 23.2 Å². The molecule has 5 heteroatoms. The zero-order valence-electron chi connectivity index (χ0n) is 5.27. The molecule has 0 aromatic carbocycles. The predicted octanol–water partition coefficient (Wildman–Crippen LogP) is 1.87. The van der Waals surface area contributed by atoms with Crippen molar-refractivity contribution in [1.29, 1.82) is 0 Å². The number of pyridine rings is 1. The Hall–Kier alpha value is -0.800. The molecule has 0 fully saturated rings. The topological polar surface area (TPSA) is 42.0 Å². The van der Waals surface area contributed by atoms with E-state index in [2.05, 4.69) is 10.3 Å². The van der Waals surface area contributed by atoms with Crippen LogP contribution in [0.3, 0.4) is 0 Å². The minimum absolute atomic E-state index is 0.232. The summed E-state index contributed by atoms with van der Waals surface area (Å²) in [6.45, 7) is 0. The van der Waals surface area contributed by atoms with E-state index in [0.717, 1.165) is 0 Å². The van der Waals surface area contributed by atoms with Gasteiger partial charge in [0.2, 0.25) is 0 Å². The molecule has 0 saturated carbocycles. The molecule has 0 bridgehead atoms. The Morgan fingerprint density at radius 2 is 1.91 bits per heavy atom. The van der Waals surface area contributed by atoms with Crippen LogP contribution in [0.15, 0.2) is 12.1 Å². The summed E-state index contributed by atoms with van der Waals surface area (Å²) in [5, 5.41) is 2.74. The molecule has 11 heavy (non-hydrogen) atoms.